The lowest BCUT2D eigenvalue weighted by atomic mass is 10.4. The van der Waals surface area contributed by atoms with Crippen molar-refractivity contribution in [1.82, 2.24) is 14.3 Å². The second-order valence-corrected chi connectivity index (χ2v) is 6.82. The van der Waals surface area contributed by atoms with Crippen molar-refractivity contribution < 1.29 is 17.6 Å². The summed E-state index contributed by atoms with van der Waals surface area (Å²) in [5, 5.41) is -0.0273. The maximum atomic E-state index is 12.4. The molecular weight excluding hydrogens is 320 g/mol. The topological polar surface area (TPSA) is 88.8 Å². The largest absolute Gasteiger partial charge is 0.478 e. The molecule has 2 aromatic rings. The van der Waals surface area contributed by atoms with Crippen molar-refractivity contribution in [1.29, 1.82) is 0 Å². The van der Waals surface area contributed by atoms with E-state index < -0.39 is 10.0 Å². The van der Waals surface area contributed by atoms with Gasteiger partial charge in [0.15, 0.2) is 0 Å². The minimum absolute atomic E-state index is 0.0273. The van der Waals surface area contributed by atoms with Gasteiger partial charge < -0.3 is 14.1 Å². The predicted octanol–water partition coefficient (Wildman–Crippen LogP) is 0.979. The Labute approximate surface area is 134 Å². The minimum atomic E-state index is -3.57. The van der Waals surface area contributed by atoms with Crippen LogP contribution >= 0.6 is 0 Å². The fourth-order valence-electron chi connectivity index (χ4n) is 2.38. The van der Waals surface area contributed by atoms with E-state index in [1.54, 1.807) is 18.3 Å². The lowest BCUT2D eigenvalue weighted by Gasteiger charge is -2.33. The first-order valence-electron chi connectivity index (χ1n) is 7.35. The van der Waals surface area contributed by atoms with E-state index in [2.05, 4.69) is 9.97 Å². The molecule has 0 aliphatic carbocycles. The molecule has 0 spiro atoms. The lowest BCUT2D eigenvalue weighted by Crippen LogP contribution is -2.49. The minimum Gasteiger partial charge on any atom is -0.478 e. The van der Waals surface area contributed by atoms with Gasteiger partial charge in [0.2, 0.25) is 16.9 Å². The van der Waals surface area contributed by atoms with E-state index in [-0.39, 0.29) is 5.09 Å². The Hall–Kier alpha value is -2.13. The van der Waals surface area contributed by atoms with Gasteiger partial charge in [-0.05, 0) is 19.1 Å². The van der Waals surface area contributed by atoms with Crippen molar-refractivity contribution in [2.75, 3.05) is 37.7 Å². The molecule has 0 unspecified atom stereocenters. The molecule has 1 fully saturated rings. The first-order valence-corrected chi connectivity index (χ1v) is 8.79. The van der Waals surface area contributed by atoms with Crippen LogP contribution in [0.2, 0.25) is 0 Å². The van der Waals surface area contributed by atoms with Gasteiger partial charge in [0.1, 0.15) is 0 Å². The summed E-state index contributed by atoms with van der Waals surface area (Å²) in [6.45, 7) is 4.15. The van der Waals surface area contributed by atoms with Crippen LogP contribution in [0.5, 0.6) is 5.88 Å². The standard InChI is InChI=1S/C14H18N4O4S/c1-2-21-12-5-6-15-14(16-12)17-7-9-18(10-8-17)23(19,20)13-4-3-11-22-13/h3-6,11H,2,7-10H2,1H3. The monoisotopic (exact) mass is 338 g/mol. The number of ether oxygens (including phenoxy) is 1. The predicted molar refractivity (Wildman–Crippen MR) is 82.9 cm³/mol. The highest BCUT2D eigenvalue weighted by molar-refractivity contribution is 7.89. The normalized spacial score (nSPS) is 16.5. The van der Waals surface area contributed by atoms with Gasteiger partial charge in [0.25, 0.3) is 10.0 Å². The summed E-state index contributed by atoms with van der Waals surface area (Å²) in [5.41, 5.74) is 0. The molecule has 124 valence electrons. The molecule has 0 saturated carbocycles. The second kappa shape index (κ2) is 6.55. The van der Waals surface area contributed by atoms with Crippen LogP contribution in [0.15, 0.2) is 40.2 Å². The molecule has 23 heavy (non-hydrogen) atoms. The van der Waals surface area contributed by atoms with E-state index in [0.717, 1.165) is 0 Å². The van der Waals surface area contributed by atoms with E-state index >= 15 is 0 Å². The number of hydrogen-bond donors (Lipinski definition) is 0. The number of nitrogens with zero attached hydrogens (tertiary/aromatic N) is 4. The molecule has 0 atom stereocenters. The number of hydrogen-bond acceptors (Lipinski definition) is 7. The summed E-state index contributed by atoms with van der Waals surface area (Å²) in [4.78, 5) is 10.5. The molecule has 1 saturated heterocycles. The highest BCUT2D eigenvalue weighted by atomic mass is 32.2. The number of furan rings is 1. The summed E-state index contributed by atoms with van der Waals surface area (Å²) >= 11 is 0. The quantitative estimate of drug-likeness (QED) is 0.803. The van der Waals surface area contributed by atoms with Crippen molar-refractivity contribution in [3.05, 3.63) is 30.7 Å². The van der Waals surface area contributed by atoms with E-state index in [9.17, 15) is 8.42 Å². The molecule has 1 aliphatic heterocycles. The Morgan fingerprint density at radius 3 is 2.70 bits per heavy atom. The van der Waals surface area contributed by atoms with Gasteiger partial charge in [0, 0.05) is 38.4 Å². The molecule has 0 N–H and O–H groups in total. The number of sulfonamides is 1. The van der Waals surface area contributed by atoms with Crippen LogP contribution in [-0.4, -0.2) is 55.5 Å². The zero-order chi connectivity index (χ0) is 16.3. The Bertz CT molecular complexity index is 740. The third-order valence-electron chi connectivity index (χ3n) is 3.52. The molecule has 3 rings (SSSR count). The van der Waals surface area contributed by atoms with Crippen molar-refractivity contribution in [3.8, 4) is 5.88 Å². The fraction of sp³-hybridized carbons (Fsp3) is 0.429. The van der Waals surface area contributed by atoms with Crippen LogP contribution in [0, 0.1) is 0 Å². The summed E-state index contributed by atoms with van der Waals surface area (Å²) in [6.07, 6.45) is 3.00. The van der Waals surface area contributed by atoms with Crippen LogP contribution < -0.4 is 9.64 Å². The summed E-state index contributed by atoms with van der Waals surface area (Å²) in [6, 6.07) is 4.72. The van der Waals surface area contributed by atoms with E-state index in [1.807, 2.05) is 11.8 Å². The molecule has 2 aromatic heterocycles. The first-order chi connectivity index (χ1) is 11.1. The zero-order valence-corrected chi connectivity index (χ0v) is 13.6. The Kier molecular flexibility index (Phi) is 4.49. The number of piperazine rings is 1. The molecule has 0 radical (unpaired) electrons. The van der Waals surface area contributed by atoms with Gasteiger partial charge in [-0.2, -0.15) is 9.29 Å². The zero-order valence-electron chi connectivity index (χ0n) is 12.8. The van der Waals surface area contributed by atoms with Crippen LogP contribution in [0.4, 0.5) is 5.95 Å². The third kappa shape index (κ3) is 3.30. The second-order valence-electron chi connectivity index (χ2n) is 4.95. The van der Waals surface area contributed by atoms with Crippen LogP contribution in [0.3, 0.4) is 0 Å². The van der Waals surface area contributed by atoms with E-state index in [4.69, 9.17) is 9.15 Å². The Balaban J connectivity index is 1.68. The van der Waals surface area contributed by atoms with Gasteiger partial charge in [-0.15, -0.1) is 0 Å². The average Bonchev–Trinajstić information content (AvgIpc) is 3.11. The highest BCUT2D eigenvalue weighted by Crippen LogP contribution is 2.20. The van der Waals surface area contributed by atoms with Crippen molar-refractivity contribution in [2.45, 2.75) is 12.0 Å². The summed E-state index contributed by atoms with van der Waals surface area (Å²) in [7, 11) is -3.57. The molecule has 8 nitrogen and oxygen atoms in total. The van der Waals surface area contributed by atoms with Crippen molar-refractivity contribution >= 4 is 16.0 Å². The van der Waals surface area contributed by atoms with E-state index in [0.29, 0.717) is 44.6 Å². The maximum Gasteiger partial charge on any atom is 0.276 e. The van der Waals surface area contributed by atoms with Gasteiger partial charge >= 0.3 is 0 Å². The summed E-state index contributed by atoms with van der Waals surface area (Å²) < 4.78 is 36.6. The first kappa shape index (κ1) is 15.8. The van der Waals surface area contributed by atoms with Crippen LogP contribution in [0.25, 0.3) is 0 Å². The molecule has 3 heterocycles. The number of rotatable bonds is 5. The summed E-state index contributed by atoms with van der Waals surface area (Å²) in [5.74, 6) is 1.06. The maximum absolute atomic E-state index is 12.4. The highest BCUT2D eigenvalue weighted by Gasteiger charge is 2.31. The average molecular weight is 338 g/mol. The lowest BCUT2D eigenvalue weighted by molar-refractivity contribution is 0.324. The molecule has 0 amide bonds. The Morgan fingerprint density at radius 2 is 2.04 bits per heavy atom. The fourth-order valence-corrected chi connectivity index (χ4v) is 3.71. The molecule has 1 aliphatic rings. The molecule has 9 heteroatoms. The molecular formula is C14H18N4O4S. The molecule has 0 bridgehead atoms. The van der Waals surface area contributed by atoms with Gasteiger partial charge in [-0.3, -0.25) is 0 Å². The number of anilines is 1. The molecule has 0 aromatic carbocycles. The van der Waals surface area contributed by atoms with Crippen LogP contribution in [0.1, 0.15) is 6.92 Å². The van der Waals surface area contributed by atoms with Crippen LogP contribution in [-0.2, 0) is 10.0 Å². The van der Waals surface area contributed by atoms with Gasteiger partial charge in [0.05, 0.1) is 12.9 Å². The van der Waals surface area contributed by atoms with Crippen molar-refractivity contribution in [2.24, 2.45) is 0 Å². The van der Waals surface area contributed by atoms with Gasteiger partial charge in [-0.25, -0.2) is 13.4 Å². The smallest absolute Gasteiger partial charge is 0.276 e. The third-order valence-corrected chi connectivity index (χ3v) is 5.31. The SMILES string of the molecule is CCOc1ccnc(N2CCN(S(=O)(=O)c3ccco3)CC2)n1. The van der Waals surface area contributed by atoms with Gasteiger partial charge in [-0.1, -0.05) is 0 Å². The number of aromatic nitrogens is 2. The van der Waals surface area contributed by atoms with E-state index in [1.165, 1.54) is 16.6 Å². The van der Waals surface area contributed by atoms with Crippen molar-refractivity contribution in [3.63, 3.8) is 0 Å². The Morgan fingerprint density at radius 1 is 1.26 bits per heavy atom.